The van der Waals surface area contributed by atoms with Crippen molar-refractivity contribution < 1.29 is 9.90 Å². The highest BCUT2D eigenvalue weighted by molar-refractivity contribution is 5.94. The summed E-state index contributed by atoms with van der Waals surface area (Å²) in [6, 6.07) is 11.0. The number of nitrogens with two attached hydrogens (primary N) is 1. The monoisotopic (exact) mass is 256 g/mol. The number of aryl methyl sites for hydroxylation is 2. The number of carboxylic acid groups (broad SMARTS) is 1. The van der Waals surface area contributed by atoms with Crippen LogP contribution < -0.4 is 11.1 Å². The maximum Gasteiger partial charge on any atom is 0.337 e. The summed E-state index contributed by atoms with van der Waals surface area (Å²) in [5.41, 5.74) is 10.1. The van der Waals surface area contributed by atoms with E-state index in [2.05, 4.69) is 5.32 Å². The number of anilines is 3. The van der Waals surface area contributed by atoms with Gasteiger partial charge in [0.25, 0.3) is 0 Å². The molecule has 0 saturated carbocycles. The number of nitrogen functional groups attached to an aromatic ring is 1. The number of hydrogen-bond donors (Lipinski definition) is 3. The molecule has 0 atom stereocenters. The second kappa shape index (κ2) is 5.02. The Labute approximate surface area is 111 Å². The molecule has 0 aliphatic carbocycles. The van der Waals surface area contributed by atoms with Gasteiger partial charge in [-0.05, 0) is 49.2 Å². The Morgan fingerprint density at radius 2 is 1.89 bits per heavy atom. The minimum atomic E-state index is -1.02. The van der Waals surface area contributed by atoms with Crippen LogP contribution in [0.15, 0.2) is 36.4 Å². The third kappa shape index (κ3) is 2.85. The Kier molecular flexibility index (Phi) is 3.42. The SMILES string of the molecule is Cc1ccc(C)c(Nc2ccc(C(=O)O)c(N)c2)c1. The normalized spacial score (nSPS) is 10.2. The van der Waals surface area contributed by atoms with Crippen molar-refractivity contribution in [1.29, 1.82) is 0 Å². The van der Waals surface area contributed by atoms with E-state index < -0.39 is 5.97 Å². The average Bonchev–Trinajstić information content (AvgIpc) is 2.33. The number of carboxylic acids is 1. The fraction of sp³-hybridized carbons (Fsp3) is 0.133. The second-order valence-corrected chi connectivity index (χ2v) is 4.55. The number of carbonyl (C=O) groups is 1. The third-order valence-corrected chi connectivity index (χ3v) is 2.95. The molecule has 0 amide bonds. The Bertz CT molecular complexity index is 636. The van der Waals surface area contributed by atoms with Crippen LogP contribution in [0, 0.1) is 13.8 Å². The van der Waals surface area contributed by atoms with Gasteiger partial charge in [0, 0.05) is 17.1 Å². The van der Waals surface area contributed by atoms with Gasteiger partial charge in [0.05, 0.1) is 5.56 Å². The van der Waals surface area contributed by atoms with Crippen LogP contribution in [0.2, 0.25) is 0 Å². The van der Waals surface area contributed by atoms with E-state index in [0.29, 0.717) is 0 Å². The summed E-state index contributed by atoms with van der Waals surface area (Å²) in [5, 5.41) is 12.2. The lowest BCUT2D eigenvalue weighted by atomic mass is 10.1. The Hall–Kier alpha value is -2.49. The first-order valence-electron chi connectivity index (χ1n) is 5.94. The van der Waals surface area contributed by atoms with E-state index >= 15 is 0 Å². The highest BCUT2D eigenvalue weighted by atomic mass is 16.4. The lowest BCUT2D eigenvalue weighted by Gasteiger charge is -2.11. The van der Waals surface area contributed by atoms with E-state index in [9.17, 15) is 4.79 Å². The van der Waals surface area contributed by atoms with Crippen LogP contribution in [0.25, 0.3) is 0 Å². The second-order valence-electron chi connectivity index (χ2n) is 4.55. The molecule has 0 aliphatic rings. The molecule has 0 spiro atoms. The van der Waals surface area contributed by atoms with E-state index in [1.807, 2.05) is 32.0 Å². The molecular weight excluding hydrogens is 240 g/mol. The summed E-state index contributed by atoms with van der Waals surface area (Å²) in [5.74, 6) is -1.02. The minimum Gasteiger partial charge on any atom is -0.478 e. The zero-order valence-electron chi connectivity index (χ0n) is 10.9. The molecule has 2 rings (SSSR count). The van der Waals surface area contributed by atoms with Gasteiger partial charge in [-0.1, -0.05) is 12.1 Å². The molecule has 4 heteroatoms. The molecule has 0 aromatic heterocycles. The van der Waals surface area contributed by atoms with Crippen molar-refractivity contribution >= 4 is 23.0 Å². The highest BCUT2D eigenvalue weighted by Gasteiger charge is 2.08. The van der Waals surface area contributed by atoms with Crippen molar-refractivity contribution in [2.75, 3.05) is 11.1 Å². The molecule has 0 unspecified atom stereocenters. The molecule has 19 heavy (non-hydrogen) atoms. The quantitative estimate of drug-likeness (QED) is 0.736. The molecule has 0 heterocycles. The zero-order chi connectivity index (χ0) is 14.0. The van der Waals surface area contributed by atoms with Crippen LogP contribution in [0.3, 0.4) is 0 Å². The maximum absolute atomic E-state index is 10.9. The Balaban J connectivity index is 2.31. The van der Waals surface area contributed by atoms with Gasteiger partial charge in [0.2, 0.25) is 0 Å². The maximum atomic E-state index is 10.9. The van der Waals surface area contributed by atoms with Gasteiger partial charge in [0.1, 0.15) is 0 Å². The van der Waals surface area contributed by atoms with Crippen molar-refractivity contribution in [2.24, 2.45) is 0 Å². The molecule has 4 nitrogen and oxygen atoms in total. The van der Waals surface area contributed by atoms with Gasteiger partial charge < -0.3 is 16.2 Å². The van der Waals surface area contributed by atoms with Gasteiger partial charge in [-0.25, -0.2) is 4.79 Å². The van der Waals surface area contributed by atoms with Gasteiger partial charge in [-0.2, -0.15) is 0 Å². The summed E-state index contributed by atoms with van der Waals surface area (Å²) in [6.45, 7) is 4.03. The molecule has 0 radical (unpaired) electrons. The summed E-state index contributed by atoms with van der Waals surface area (Å²) >= 11 is 0. The average molecular weight is 256 g/mol. The lowest BCUT2D eigenvalue weighted by molar-refractivity contribution is 0.0698. The van der Waals surface area contributed by atoms with Crippen LogP contribution in [0.5, 0.6) is 0 Å². The van der Waals surface area contributed by atoms with Crippen LogP contribution in [0.4, 0.5) is 17.1 Å². The number of hydrogen-bond acceptors (Lipinski definition) is 3. The molecule has 2 aromatic carbocycles. The number of aromatic carboxylic acids is 1. The summed E-state index contributed by atoms with van der Waals surface area (Å²) in [6.07, 6.45) is 0. The molecule has 2 aromatic rings. The van der Waals surface area contributed by atoms with Gasteiger partial charge in [-0.3, -0.25) is 0 Å². The van der Waals surface area contributed by atoms with E-state index in [1.165, 1.54) is 6.07 Å². The van der Waals surface area contributed by atoms with Crippen LogP contribution >= 0.6 is 0 Å². The Morgan fingerprint density at radius 1 is 1.16 bits per heavy atom. The van der Waals surface area contributed by atoms with E-state index in [1.54, 1.807) is 12.1 Å². The first-order valence-corrected chi connectivity index (χ1v) is 5.94. The van der Waals surface area contributed by atoms with Crippen molar-refractivity contribution in [3.05, 3.63) is 53.1 Å². The molecule has 0 aliphatic heterocycles. The van der Waals surface area contributed by atoms with Gasteiger partial charge in [0.15, 0.2) is 0 Å². The summed E-state index contributed by atoms with van der Waals surface area (Å²) < 4.78 is 0. The fourth-order valence-corrected chi connectivity index (χ4v) is 1.86. The van der Waals surface area contributed by atoms with Crippen LogP contribution in [-0.4, -0.2) is 11.1 Å². The van der Waals surface area contributed by atoms with Crippen molar-refractivity contribution in [1.82, 2.24) is 0 Å². The van der Waals surface area contributed by atoms with Crippen molar-refractivity contribution in [3.63, 3.8) is 0 Å². The molecule has 0 fully saturated rings. The molecule has 4 N–H and O–H groups in total. The van der Waals surface area contributed by atoms with Crippen LogP contribution in [-0.2, 0) is 0 Å². The third-order valence-electron chi connectivity index (χ3n) is 2.95. The first-order chi connectivity index (χ1) is 8.97. The minimum absolute atomic E-state index is 0.117. The van der Waals surface area contributed by atoms with Crippen molar-refractivity contribution in [3.8, 4) is 0 Å². The number of benzene rings is 2. The molecular formula is C15H16N2O2. The lowest BCUT2D eigenvalue weighted by Crippen LogP contribution is -2.03. The zero-order valence-corrected chi connectivity index (χ0v) is 10.9. The molecule has 0 bridgehead atoms. The first kappa shape index (κ1) is 13.0. The van der Waals surface area contributed by atoms with Crippen LogP contribution in [0.1, 0.15) is 21.5 Å². The predicted octanol–water partition coefficient (Wildman–Crippen LogP) is 3.33. The van der Waals surface area contributed by atoms with E-state index in [-0.39, 0.29) is 11.3 Å². The molecule has 0 saturated heterocycles. The number of rotatable bonds is 3. The fourth-order valence-electron chi connectivity index (χ4n) is 1.86. The van der Waals surface area contributed by atoms with Gasteiger partial charge in [-0.15, -0.1) is 0 Å². The van der Waals surface area contributed by atoms with Gasteiger partial charge >= 0.3 is 5.97 Å². The summed E-state index contributed by atoms with van der Waals surface area (Å²) in [4.78, 5) is 10.9. The van der Waals surface area contributed by atoms with Crippen molar-refractivity contribution in [2.45, 2.75) is 13.8 Å². The largest absolute Gasteiger partial charge is 0.478 e. The topological polar surface area (TPSA) is 75.3 Å². The predicted molar refractivity (Wildman–Crippen MR) is 77.0 cm³/mol. The summed E-state index contributed by atoms with van der Waals surface area (Å²) in [7, 11) is 0. The highest BCUT2D eigenvalue weighted by Crippen LogP contribution is 2.24. The Morgan fingerprint density at radius 3 is 2.53 bits per heavy atom. The number of nitrogens with one attached hydrogen (secondary N) is 1. The van der Waals surface area contributed by atoms with E-state index in [4.69, 9.17) is 10.8 Å². The smallest absolute Gasteiger partial charge is 0.337 e. The molecule has 98 valence electrons. The van der Waals surface area contributed by atoms with E-state index in [0.717, 1.165) is 22.5 Å². The standard InChI is InChI=1S/C15H16N2O2/c1-9-3-4-10(2)14(7-9)17-11-5-6-12(15(18)19)13(16)8-11/h3-8,17H,16H2,1-2H3,(H,18,19).